The summed E-state index contributed by atoms with van der Waals surface area (Å²) in [5.74, 6) is -0.430. The number of H-pyrrole nitrogens is 1. The van der Waals surface area contributed by atoms with E-state index >= 15 is 0 Å². The number of aryl methyl sites for hydroxylation is 1. The number of nitrogens with one attached hydrogen (secondary N) is 1. The predicted octanol–water partition coefficient (Wildman–Crippen LogP) is -2.65. The molecule has 0 unspecified atom stereocenters. The van der Waals surface area contributed by atoms with Crippen molar-refractivity contribution in [3.8, 4) is 0 Å². The van der Waals surface area contributed by atoms with Crippen molar-refractivity contribution in [2.75, 3.05) is 6.61 Å². The summed E-state index contributed by atoms with van der Waals surface area (Å²) in [6, 6.07) is 0. The number of rotatable bonds is 7. The van der Waals surface area contributed by atoms with E-state index in [-0.39, 0.29) is 12.0 Å². The molecule has 1 aliphatic heterocycles. The summed E-state index contributed by atoms with van der Waals surface area (Å²) < 4.78 is 6.26. The summed E-state index contributed by atoms with van der Waals surface area (Å²) in [5.41, 5.74) is 3.95. The second kappa shape index (κ2) is 7.71. The molecular formula is C14H21N3O7. The Hall–Kier alpha value is -2.01. The normalized spacial score (nSPS) is 26.6. The van der Waals surface area contributed by atoms with Crippen LogP contribution in [0, 0.1) is 0 Å². The fourth-order valence-corrected chi connectivity index (χ4v) is 2.62. The van der Waals surface area contributed by atoms with Crippen LogP contribution in [0.1, 0.15) is 31.1 Å². The summed E-state index contributed by atoms with van der Waals surface area (Å²) >= 11 is 0. The quantitative estimate of drug-likeness (QED) is 0.337. The molecule has 24 heavy (non-hydrogen) atoms. The highest BCUT2D eigenvalue weighted by atomic mass is 16.6. The lowest BCUT2D eigenvalue weighted by Crippen LogP contribution is -2.38. The maximum atomic E-state index is 12.0. The Labute approximate surface area is 136 Å². The average Bonchev–Trinajstić information content (AvgIpc) is 2.81. The van der Waals surface area contributed by atoms with Gasteiger partial charge < -0.3 is 25.8 Å². The summed E-state index contributed by atoms with van der Waals surface area (Å²) in [6.07, 6.45) is -2.24. The molecule has 0 spiro atoms. The van der Waals surface area contributed by atoms with Gasteiger partial charge in [-0.1, -0.05) is 0 Å². The molecule has 0 radical (unpaired) electrons. The second-order valence-corrected chi connectivity index (χ2v) is 5.72. The van der Waals surface area contributed by atoms with E-state index in [1.54, 1.807) is 0 Å². The number of aliphatic hydroxyl groups excluding tert-OH is 3. The van der Waals surface area contributed by atoms with Gasteiger partial charge in [-0.25, -0.2) is 4.79 Å². The van der Waals surface area contributed by atoms with E-state index in [0.29, 0.717) is 19.3 Å². The third-order valence-electron chi connectivity index (χ3n) is 3.95. The van der Waals surface area contributed by atoms with Crippen molar-refractivity contribution >= 4 is 5.91 Å². The van der Waals surface area contributed by atoms with Crippen molar-refractivity contribution in [3.63, 3.8) is 0 Å². The Balaban J connectivity index is 2.19. The van der Waals surface area contributed by atoms with Crippen molar-refractivity contribution in [3.05, 3.63) is 32.6 Å². The standard InChI is InChI=1S/C14H21N3O7/c15-9(19)4-2-1-3-7-5-17(14(23)16-12(7)22)13-11(21)10(20)8(6-18)24-13/h5,8,10-11,13,18,20-21H,1-4,6H2,(H2,15,19)(H,16,22,23)/t8-,10-,11-,13-/m1/s1. The molecule has 1 amide bonds. The van der Waals surface area contributed by atoms with Gasteiger partial charge in [0.25, 0.3) is 5.56 Å². The number of aliphatic hydroxyl groups is 3. The molecule has 2 heterocycles. The van der Waals surface area contributed by atoms with Crippen LogP contribution in [-0.4, -0.2) is 55.7 Å². The molecule has 1 aromatic heterocycles. The van der Waals surface area contributed by atoms with Crippen molar-refractivity contribution in [2.24, 2.45) is 5.73 Å². The Morgan fingerprint density at radius 1 is 1.29 bits per heavy atom. The number of amides is 1. The minimum atomic E-state index is -1.42. The Bertz CT molecular complexity index is 698. The topological polar surface area (TPSA) is 168 Å². The lowest BCUT2D eigenvalue weighted by Gasteiger charge is -2.18. The molecule has 10 nitrogen and oxygen atoms in total. The van der Waals surface area contributed by atoms with Gasteiger partial charge in [0.15, 0.2) is 6.23 Å². The highest BCUT2D eigenvalue weighted by Gasteiger charge is 2.43. The number of ether oxygens (including phenoxy) is 1. The zero-order valence-electron chi connectivity index (χ0n) is 12.9. The molecular weight excluding hydrogens is 322 g/mol. The van der Waals surface area contributed by atoms with Crippen LogP contribution >= 0.6 is 0 Å². The number of nitrogens with two attached hydrogens (primary N) is 1. The van der Waals surface area contributed by atoms with Gasteiger partial charge in [0.2, 0.25) is 5.91 Å². The van der Waals surface area contributed by atoms with E-state index in [2.05, 4.69) is 4.98 Å². The summed E-state index contributed by atoms with van der Waals surface area (Å²) in [5, 5.41) is 28.8. The SMILES string of the molecule is NC(=O)CCCCc1cn([C@@H]2O[C@H](CO)[C@@H](O)[C@H]2O)c(=O)[nH]c1=O. The molecule has 0 aromatic carbocycles. The molecule has 2 rings (SSSR count). The van der Waals surface area contributed by atoms with Gasteiger partial charge >= 0.3 is 5.69 Å². The van der Waals surface area contributed by atoms with Crippen LogP contribution in [0.4, 0.5) is 0 Å². The summed E-state index contributed by atoms with van der Waals surface area (Å²) in [4.78, 5) is 36.6. The predicted molar refractivity (Wildman–Crippen MR) is 81.1 cm³/mol. The first kappa shape index (κ1) is 18.3. The van der Waals surface area contributed by atoms with Gasteiger partial charge in [-0.05, 0) is 19.3 Å². The van der Waals surface area contributed by atoms with E-state index in [4.69, 9.17) is 15.6 Å². The van der Waals surface area contributed by atoms with Gasteiger partial charge in [0.1, 0.15) is 18.3 Å². The van der Waals surface area contributed by atoms with Crippen LogP contribution in [0.25, 0.3) is 0 Å². The number of primary amides is 1. The van der Waals surface area contributed by atoms with Crippen LogP contribution in [0.3, 0.4) is 0 Å². The minimum Gasteiger partial charge on any atom is -0.394 e. The zero-order valence-corrected chi connectivity index (χ0v) is 12.9. The lowest BCUT2D eigenvalue weighted by molar-refractivity contribution is -0.118. The maximum absolute atomic E-state index is 12.0. The molecule has 0 saturated carbocycles. The molecule has 6 N–H and O–H groups in total. The molecule has 10 heteroatoms. The Kier molecular flexibility index (Phi) is 5.89. The molecule has 4 atom stereocenters. The fourth-order valence-electron chi connectivity index (χ4n) is 2.62. The summed E-state index contributed by atoms with van der Waals surface area (Å²) in [6.45, 7) is -0.521. The molecule has 0 aliphatic carbocycles. The number of nitrogens with zero attached hydrogens (tertiary/aromatic N) is 1. The molecule has 0 bridgehead atoms. The van der Waals surface area contributed by atoms with Crippen LogP contribution in [0.15, 0.2) is 15.8 Å². The Morgan fingerprint density at radius 2 is 2.00 bits per heavy atom. The molecule has 1 aliphatic rings. The highest BCUT2D eigenvalue weighted by Crippen LogP contribution is 2.28. The van der Waals surface area contributed by atoms with Gasteiger partial charge in [0.05, 0.1) is 6.61 Å². The van der Waals surface area contributed by atoms with Crippen molar-refractivity contribution < 1.29 is 24.9 Å². The second-order valence-electron chi connectivity index (χ2n) is 5.72. The smallest absolute Gasteiger partial charge is 0.330 e. The first-order valence-corrected chi connectivity index (χ1v) is 7.60. The van der Waals surface area contributed by atoms with Crippen LogP contribution < -0.4 is 17.0 Å². The number of carbonyl (C=O) groups excluding carboxylic acids is 1. The fraction of sp³-hybridized carbons (Fsp3) is 0.643. The molecule has 1 aromatic rings. The number of aromatic amines is 1. The third-order valence-corrected chi connectivity index (χ3v) is 3.95. The van der Waals surface area contributed by atoms with Crippen LogP contribution in [-0.2, 0) is 16.0 Å². The van der Waals surface area contributed by atoms with Crippen LogP contribution in [0.2, 0.25) is 0 Å². The third kappa shape index (κ3) is 3.90. The largest absolute Gasteiger partial charge is 0.394 e. The van der Waals surface area contributed by atoms with E-state index in [9.17, 15) is 24.6 Å². The number of hydrogen-bond donors (Lipinski definition) is 5. The summed E-state index contributed by atoms with van der Waals surface area (Å²) in [7, 11) is 0. The number of aromatic nitrogens is 2. The lowest BCUT2D eigenvalue weighted by atomic mass is 10.1. The minimum absolute atomic E-state index is 0.201. The number of carbonyl (C=O) groups is 1. The first-order valence-electron chi connectivity index (χ1n) is 7.60. The van der Waals surface area contributed by atoms with Gasteiger partial charge in [-0.2, -0.15) is 0 Å². The van der Waals surface area contributed by atoms with Crippen molar-refractivity contribution in [1.29, 1.82) is 0 Å². The van der Waals surface area contributed by atoms with E-state index < -0.39 is 48.3 Å². The van der Waals surface area contributed by atoms with Crippen molar-refractivity contribution in [2.45, 2.75) is 50.2 Å². The van der Waals surface area contributed by atoms with Gasteiger partial charge in [-0.3, -0.25) is 19.1 Å². The zero-order chi connectivity index (χ0) is 17.9. The first-order chi connectivity index (χ1) is 11.3. The monoisotopic (exact) mass is 343 g/mol. The van der Waals surface area contributed by atoms with Crippen LogP contribution in [0.5, 0.6) is 0 Å². The number of unbranched alkanes of at least 4 members (excludes halogenated alkanes) is 1. The van der Waals surface area contributed by atoms with E-state index in [1.165, 1.54) is 6.20 Å². The Morgan fingerprint density at radius 3 is 2.58 bits per heavy atom. The molecule has 1 fully saturated rings. The molecule has 1 saturated heterocycles. The van der Waals surface area contributed by atoms with Gasteiger partial charge in [-0.15, -0.1) is 0 Å². The van der Waals surface area contributed by atoms with Crippen molar-refractivity contribution in [1.82, 2.24) is 9.55 Å². The maximum Gasteiger partial charge on any atom is 0.330 e. The van der Waals surface area contributed by atoms with Gasteiger partial charge in [0, 0.05) is 18.2 Å². The molecule has 134 valence electrons. The highest BCUT2D eigenvalue weighted by molar-refractivity contribution is 5.73. The average molecular weight is 343 g/mol. The van der Waals surface area contributed by atoms with E-state index in [1.807, 2.05) is 0 Å². The number of hydrogen-bond acceptors (Lipinski definition) is 7. The van der Waals surface area contributed by atoms with E-state index in [0.717, 1.165) is 4.57 Å².